The van der Waals surface area contributed by atoms with Gasteiger partial charge < -0.3 is 20.7 Å². The molecule has 102 valence electrons. The van der Waals surface area contributed by atoms with Gasteiger partial charge in [-0.1, -0.05) is 5.11 Å². The van der Waals surface area contributed by atoms with Crippen LogP contribution in [0.2, 0.25) is 0 Å². The van der Waals surface area contributed by atoms with E-state index < -0.39 is 36.9 Å². The van der Waals surface area contributed by atoms with Gasteiger partial charge >= 0.3 is 0 Å². The summed E-state index contributed by atoms with van der Waals surface area (Å²) in [7, 11) is 0. The van der Waals surface area contributed by atoms with Crippen molar-refractivity contribution < 1.29 is 19.7 Å². The van der Waals surface area contributed by atoms with E-state index in [1.165, 1.54) is 5.38 Å². The highest BCUT2D eigenvalue weighted by Crippen LogP contribution is 2.37. The number of ether oxygens (including phenoxy) is 1. The normalized spacial score (nSPS) is 30.0. The van der Waals surface area contributed by atoms with Gasteiger partial charge in [-0.2, -0.15) is 0 Å². The lowest BCUT2D eigenvalue weighted by molar-refractivity contribution is -0.0226. The zero-order chi connectivity index (χ0) is 14.0. The number of primary amides is 1. The van der Waals surface area contributed by atoms with Gasteiger partial charge in [0.25, 0.3) is 5.91 Å². The average Bonchev–Trinajstić information content (AvgIpc) is 2.96. The molecule has 4 atom stereocenters. The van der Waals surface area contributed by atoms with Gasteiger partial charge in [0.15, 0.2) is 0 Å². The van der Waals surface area contributed by atoms with E-state index in [0.29, 0.717) is 5.01 Å². The number of aromatic nitrogens is 1. The van der Waals surface area contributed by atoms with E-state index in [0.717, 1.165) is 11.3 Å². The third-order valence-electron chi connectivity index (χ3n) is 2.75. The van der Waals surface area contributed by atoms with Crippen LogP contribution in [0.1, 0.15) is 21.6 Å². The molecule has 1 aromatic heterocycles. The highest BCUT2D eigenvalue weighted by atomic mass is 32.1. The lowest BCUT2D eigenvalue weighted by Gasteiger charge is -2.12. The molecule has 0 aliphatic carbocycles. The molecule has 1 saturated heterocycles. The van der Waals surface area contributed by atoms with Gasteiger partial charge in [0.2, 0.25) is 0 Å². The summed E-state index contributed by atoms with van der Waals surface area (Å²) < 4.78 is 5.40. The number of carbonyl (C=O) groups excluding carboxylic acids is 1. The molecule has 1 unspecified atom stereocenters. The van der Waals surface area contributed by atoms with Crippen LogP contribution in [0.4, 0.5) is 0 Å². The van der Waals surface area contributed by atoms with Crippen molar-refractivity contribution in [1.29, 1.82) is 0 Å². The molecule has 0 bridgehead atoms. The molecule has 2 heterocycles. The number of nitrogens with two attached hydrogens (primary N) is 1. The third-order valence-corrected chi connectivity index (χ3v) is 3.65. The minimum atomic E-state index is -1.13. The number of aliphatic hydroxyl groups excluding tert-OH is 2. The van der Waals surface area contributed by atoms with Crippen LogP contribution < -0.4 is 5.73 Å². The van der Waals surface area contributed by atoms with Crippen LogP contribution in [0, 0.1) is 0 Å². The quantitative estimate of drug-likeness (QED) is 0.394. The molecular weight excluding hydrogens is 274 g/mol. The van der Waals surface area contributed by atoms with Crippen molar-refractivity contribution >= 4 is 17.2 Å². The van der Waals surface area contributed by atoms with E-state index in [-0.39, 0.29) is 5.69 Å². The number of thiazole rings is 1. The van der Waals surface area contributed by atoms with E-state index in [2.05, 4.69) is 15.0 Å². The van der Waals surface area contributed by atoms with E-state index in [1.807, 2.05) is 0 Å². The Bertz CT molecular complexity index is 528. The molecule has 1 fully saturated rings. The summed E-state index contributed by atoms with van der Waals surface area (Å²) in [5.74, 6) is -0.680. The third kappa shape index (κ3) is 2.53. The van der Waals surface area contributed by atoms with Gasteiger partial charge in [0, 0.05) is 10.3 Å². The van der Waals surface area contributed by atoms with Crippen molar-refractivity contribution in [3.05, 3.63) is 26.5 Å². The Labute approximate surface area is 111 Å². The molecule has 0 aromatic carbocycles. The average molecular weight is 285 g/mol. The van der Waals surface area contributed by atoms with Gasteiger partial charge in [-0.05, 0) is 5.53 Å². The minimum Gasteiger partial charge on any atom is -0.394 e. The van der Waals surface area contributed by atoms with Gasteiger partial charge in [0.1, 0.15) is 22.9 Å². The molecule has 2 rings (SSSR count). The smallest absolute Gasteiger partial charge is 0.268 e. The summed E-state index contributed by atoms with van der Waals surface area (Å²) in [4.78, 5) is 17.6. The fourth-order valence-corrected chi connectivity index (χ4v) is 2.70. The van der Waals surface area contributed by atoms with Crippen LogP contribution in [-0.4, -0.2) is 46.0 Å². The van der Waals surface area contributed by atoms with Crippen molar-refractivity contribution in [2.24, 2.45) is 10.8 Å². The number of carbonyl (C=O) groups is 1. The van der Waals surface area contributed by atoms with Crippen molar-refractivity contribution in [2.45, 2.75) is 24.4 Å². The molecular formula is C9H11N5O4S. The number of rotatable bonds is 4. The number of hydrogen-bond acceptors (Lipinski definition) is 7. The number of aliphatic hydroxyl groups is 2. The molecule has 4 N–H and O–H groups in total. The van der Waals surface area contributed by atoms with Crippen molar-refractivity contribution in [3.63, 3.8) is 0 Å². The largest absolute Gasteiger partial charge is 0.394 e. The van der Waals surface area contributed by atoms with Gasteiger partial charge in [-0.25, -0.2) is 4.98 Å². The second-order valence-electron chi connectivity index (χ2n) is 3.90. The predicted molar refractivity (Wildman–Crippen MR) is 64.3 cm³/mol. The topological polar surface area (TPSA) is 154 Å². The standard InChI is InChI=1S/C9H11N5O4S/c10-8(17)3-2-19-9(12-3)7-5(13-14-11)6(16)4(1-15)18-7/h2,4-7,15-16H,1H2,(H2,10,17)/t4-,5?,6-,7-/m1/s1. The summed E-state index contributed by atoms with van der Waals surface area (Å²) in [6, 6.07) is -0.908. The monoisotopic (exact) mass is 285 g/mol. The Morgan fingerprint density at radius 3 is 3.00 bits per heavy atom. The summed E-state index contributed by atoms with van der Waals surface area (Å²) >= 11 is 1.11. The Kier molecular flexibility index (Phi) is 3.98. The van der Waals surface area contributed by atoms with Crippen molar-refractivity contribution in [1.82, 2.24) is 4.98 Å². The molecule has 0 radical (unpaired) electrons. The van der Waals surface area contributed by atoms with Gasteiger partial charge in [-0.3, -0.25) is 4.79 Å². The maximum atomic E-state index is 11.0. The lowest BCUT2D eigenvalue weighted by atomic mass is 10.1. The summed E-state index contributed by atoms with van der Waals surface area (Å²) in [6.07, 6.45) is -2.80. The first-order valence-electron chi connectivity index (χ1n) is 5.32. The van der Waals surface area contributed by atoms with Crippen LogP contribution in [-0.2, 0) is 4.74 Å². The van der Waals surface area contributed by atoms with Crippen molar-refractivity contribution in [3.8, 4) is 0 Å². The second-order valence-corrected chi connectivity index (χ2v) is 4.79. The van der Waals surface area contributed by atoms with E-state index in [1.54, 1.807) is 0 Å². The Morgan fingerprint density at radius 2 is 2.47 bits per heavy atom. The maximum absolute atomic E-state index is 11.0. The fourth-order valence-electron chi connectivity index (χ4n) is 1.82. The van der Waals surface area contributed by atoms with Crippen molar-refractivity contribution in [2.75, 3.05) is 6.61 Å². The van der Waals surface area contributed by atoms with Gasteiger partial charge in [0.05, 0.1) is 18.8 Å². The molecule has 1 aliphatic rings. The Hall–Kier alpha value is -1.71. The highest BCUT2D eigenvalue weighted by molar-refractivity contribution is 7.09. The van der Waals surface area contributed by atoms with E-state index >= 15 is 0 Å². The summed E-state index contributed by atoms with van der Waals surface area (Å²) in [6.45, 7) is -0.414. The minimum absolute atomic E-state index is 0.0743. The first-order valence-corrected chi connectivity index (χ1v) is 6.20. The molecule has 10 heteroatoms. The molecule has 1 aromatic rings. The molecule has 9 nitrogen and oxygen atoms in total. The molecule has 0 saturated carbocycles. The number of azide groups is 1. The molecule has 1 aliphatic heterocycles. The van der Waals surface area contributed by atoms with Crippen LogP contribution in [0.3, 0.4) is 0 Å². The Balaban J connectivity index is 2.30. The number of amides is 1. The number of hydrogen-bond donors (Lipinski definition) is 3. The predicted octanol–water partition coefficient (Wildman–Crippen LogP) is -0.286. The number of nitrogens with zero attached hydrogens (tertiary/aromatic N) is 4. The molecule has 1 amide bonds. The van der Waals surface area contributed by atoms with Crippen LogP contribution in [0.5, 0.6) is 0 Å². The first kappa shape index (κ1) is 13.7. The van der Waals surface area contributed by atoms with Crippen LogP contribution >= 0.6 is 11.3 Å². The SMILES string of the molecule is [N-]=[N+]=NC1[C@H](c2nc(C(N)=O)cs2)O[C@H](CO)[C@H]1O. The van der Waals surface area contributed by atoms with Gasteiger partial charge in [-0.15, -0.1) is 11.3 Å². The zero-order valence-corrected chi connectivity index (χ0v) is 10.4. The maximum Gasteiger partial charge on any atom is 0.268 e. The van der Waals surface area contributed by atoms with Crippen LogP contribution in [0.15, 0.2) is 10.5 Å². The van der Waals surface area contributed by atoms with E-state index in [4.69, 9.17) is 21.1 Å². The summed E-state index contributed by atoms with van der Waals surface area (Å²) in [5, 5.41) is 24.2. The zero-order valence-electron chi connectivity index (χ0n) is 9.58. The summed E-state index contributed by atoms with van der Waals surface area (Å²) in [5.41, 5.74) is 13.7. The van der Waals surface area contributed by atoms with Crippen LogP contribution in [0.25, 0.3) is 10.4 Å². The first-order chi connectivity index (χ1) is 9.08. The Morgan fingerprint density at radius 1 is 1.74 bits per heavy atom. The highest BCUT2D eigenvalue weighted by Gasteiger charge is 2.45. The fraction of sp³-hybridized carbons (Fsp3) is 0.556. The molecule has 0 spiro atoms. The second kappa shape index (κ2) is 5.51. The molecule has 19 heavy (non-hydrogen) atoms. The van der Waals surface area contributed by atoms with E-state index in [9.17, 15) is 9.90 Å². The lowest BCUT2D eigenvalue weighted by Crippen LogP contribution is -2.31.